The minimum atomic E-state index is -5.11. The van der Waals surface area contributed by atoms with Crippen LogP contribution in [0.4, 0.5) is 30.2 Å². The summed E-state index contributed by atoms with van der Waals surface area (Å²) in [5.41, 5.74) is -1.30. The number of aromatic hydroxyl groups is 1. The van der Waals surface area contributed by atoms with E-state index in [0.717, 1.165) is 28.0 Å². The molecule has 0 spiro atoms. The van der Waals surface area contributed by atoms with Gasteiger partial charge in [-0.15, -0.1) is 13.2 Å². The number of imide groups is 2. The van der Waals surface area contributed by atoms with Crippen LogP contribution < -0.4 is 14.5 Å². The van der Waals surface area contributed by atoms with Crippen LogP contribution in [0, 0.1) is 33.8 Å². The van der Waals surface area contributed by atoms with Crippen LogP contribution in [-0.2, 0) is 24.6 Å². The second-order valence-corrected chi connectivity index (χ2v) is 14.1. The molecule has 4 aliphatic rings. The lowest BCUT2D eigenvalue weighted by molar-refractivity contribution is -0.384. The van der Waals surface area contributed by atoms with Gasteiger partial charge in [-0.1, -0.05) is 59.6 Å². The van der Waals surface area contributed by atoms with Gasteiger partial charge in [-0.2, -0.15) is 0 Å². The monoisotopic (exact) mass is 757 g/mol. The fraction of sp³-hybridized carbons (Fsp3) is 0.231. The summed E-state index contributed by atoms with van der Waals surface area (Å²) in [6, 6.07) is 22.1. The first kappa shape index (κ1) is 35.0. The molecule has 0 radical (unpaired) electrons. The fourth-order valence-electron chi connectivity index (χ4n) is 9.03. The number of rotatable bonds is 6. The molecule has 274 valence electrons. The Hall–Kier alpha value is -6.02. The maximum atomic E-state index is 15.3. The van der Waals surface area contributed by atoms with Crippen LogP contribution in [-0.4, -0.2) is 40.0 Å². The number of amides is 4. The molecule has 4 aromatic rings. The van der Waals surface area contributed by atoms with Crippen molar-refractivity contribution < 1.29 is 47.1 Å². The Morgan fingerprint density at radius 3 is 2.22 bits per heavy atom. The van der Waals surface area contributed by atoms with E-state index in [1.54, 1.807) is 48.5 Å². The molecule has 2 aliphatic heterocycles. The number of hydrogen-bond donors (Lipinski definition) is 1. The van der Waals surface area contributed by atoms with Gasteiger partial charge in [0.1, 0.15) is 11.5 Å². The summed E-state index contributed by atoms with van der Waals surface area (Å²) < 4.78 is 45.0. The number of nitrogens with zero attached hydrogens (tertiary/aromatic N) is 3. The van der Waals surface area contributed by atoms with Crippen molar-refractivity contribution in [3.05, 3.63) is 135 Å². The molecule has 2 aliphatic carbocycles. The number of non-ortho nitro benzene ring substituents is 1. The zero-order chi connectivity index (χ0) is 38.3. The van der Waals surface area contributed by atoms with Gasteiger partial charge >= 0.3 is 6.36 Å². The maximum absolute atomic E-state index is 15.3. The third-order valence-electron chi connectivity index (χ3n) is 11.0. The quantitative estimate of drug-likeness (QED) is 0.0939. The third kappa shape index (κ3) is 5.26. The van der Waals surface area contributed by atoms with Crippen molar-refractivity contribution in [2.45, 2.75) is 30.5 Å². The van der Waals surface area contributed by atoms with E-state index in [0.29, 0.717) is 11.1 Å². The molecule has 15 heteroatoms. The van der Waals surface area contributed by atoms with E-state index in [1.165, 1.54) is 36.4 Å². The third-order valence-corrected chi connectivity index (χ3v) is 11.3. The summed E-state index contributed by atoms with van der Waals surface area (Å²) >= 11 is 6.31. The molecule has 11 nitrogen and oxygen atoms in total. The Morgan fingerprint density at radius 2 is 1.56 bits per heavy atom. The van der Waals surface area contributed by atoms with Gasteiger partial charge in [0.25, 0.3) is 5.69 Å². The number of benzene rings is 4. The second kappa shape index (κ2) is 12.5. The smallest absolute Gasteiger partial charge is 0.508 e. The van der Waals surface area contributed by atoms with Crippen molar-refractivity contribution in [3.63, 3.8) is 0 Å². The van der Waals surface area contributed by atoms with Gasteiger partial charge in [0.05, 0.1) is 39.5 Å². The summed E-state index contributed by atoms with van der Waals surface area (Å²) in [6.45, 7) is 0. The molecule has 1 N–H and O–H groups in total. The van der Waals surface area contributed by atoms with Crippen LogP contribution in [0.15, 0.2) is 109 Å². The number of ether oxygens (including phenoxy) is 1. The van der Waals surface area contributed by atoms with Crippen molar-refractivity contribution >= 4 is 52.3 Å². The van der Waals surface area contributed by atoms with Gasteiger partial charge in [0.15, 0.2) is 0 Å². The standard InChI is InChI=1S/C39H27ClF3N3O8/c40-21-7-4-8-24(17-21)45-35(49)30-19-28-26(14-15-27-32(28)36(50)44(34(27)48)22-9-11-23(12-10-22)46(52)53)33(38(30,37(45)51)20-5-2-1-3-6-20)29-18-25(13-16-31(29)47)54-39(41,42)43/h1-14,16-18,27-28,30,32-33,47H,15,19H2. The number of allylic oxidation sites excluding steroid dienone is 2. The largest absolute Gasteiger partial charge is 0.573 e. The summed E-state index contributed by atoms with van der Waals surface area (Å²) in [7, 11) is 0. The Bertz CT molecular complexity index is 2300. The van der Waals surface area contributed by atoms with Crippen LogP contribution >= 0.6 is 11.6 Å². The number of phenolic OH excluding ortho intramolecular Hbond substituents is 1. The number of nitro groups is 1. The lowest BCUT2D eigenvalue weighted by atomic mass is 9.49. The normalized spacial score (nSPS) is 26.3. The van der Waals surface area contributed by atoms with Gasteiger partial charge in [-0.05, 0) is 72.9 Å². The molecule has 6 unspecified atom stereocenters. The SMILES string of the molecule is O=C1C2CC=C3C(CC4C(=O)N(c5cccc(Cl)c5)C(=O)C4(c4ccccc4)C3c3cc(OC(F)(F)F)ccc3O)C2C(=O)N1c1ccc([N+](=O)[O-])cc1. The molecular formula is C39H27ClF3N3O8. The topological polar surface area (TPSA) is 147 Å². The Morgan fingerprint density at radius 1 is 0.833 bits per heavy atom. The number of hydrogen-bond acceptors (Lipinski definition) is 8. The first-order valence-electron chi connectivity index (χ1n) is 16.8. The highest BCUT2D eigenvalue weighted by molar-refractivity contribution is 6.32. The molecule has 1 saturated carbocycles. The molecule has 0 aromatic heterocycles. The van der Waals surface area contributed by atoms with Crippen LogP contribution in [0.25, 0.3) is 0 Å². The predicted octanol–water partition coefficient (Wildman–Crippen LogP) is 7.22. The van der Waals surface area contributed by atoms with Gasteiger partial charge < -0.3 is 9.84 Å². The highest BCUT2D eigenvalue weighted by Gasteiger charge is 2.70. The molecule has 3 fully saturated rings. The lowest BCUT2D eigenvalue weighted by Gasteiger charge is -2.50. The van der Waals surface area contributed by atoms with Gasteiger partial charge in [0, 0.05) is 28.6 Å². The van der Waals surface area contributed by atoms with Crippen LogP contribution in [0.3, 0.4) is 0 Å². The van der Waals surface area contributed by atoms with Crippen molar-refractivity contribution in [3.8, 4) is 11.5 Å². The molecule has 54 heavy (non-hydrogen) atoms. The van der Waals surface area contributed by atoms with Crippen LogP contribution in [0.5, 0.6) is 11.5 Å². The molecule has 2 heterocycles. The number of anilines is 2. The first-order valence-corrected chi connectivity index (χ1v) is 17.2. The zero-order valence-electron chi connectivity index (χ0n) is 27.8. The number of alkyl halides is 3. The van der Waals surface area contributed by atoms with Crippen molar-refractivity contribution in [1.82, 2.24) is 0 Å². The van der Waals surface area contributed by atoms with E-state index >= 15 is 4.79 Å². The van der Waals surface area contributed by atoms with E-state index in [4.69, 9.17) is 11.6 Å². The fourth-order valence-corrected chi connectivity index (χ4v) is 9.21. The highest BCUT2D eigenvalue weighted by Crippen LogP contribution is 2.65. The van der Waals surface area contributed by atoms with Crippen LogP contribution in [0.2, 0.25) is 5.02 Å². The molecular weight excluding hydrogens is 731 g/mol. The van der Waals surface area contributed by atoms with Crippen molar-refractivity contribution in [1.29, 1.82) is 0 Å². The average Bonchev–Trinajstić information content (AvgIpc) is 3.53. The molecule has 6 atom stereocenters. The minimum Gasteiger partial charge on any atom is -0.508 e. The second-order valence-electron chi connectivity index (χ2n) is 13.6. The van der Waals surface area contributed by atoms with Gasteiger partial charge in [0.2, 0.25) is 23.6 Å². The number of fused-ring (bicyclic) bond motifs is 4. The van der Waals surface area contributed by atoms with Gasteiger partial charge in [-0.3, -0.25) is 34.2 Å². The number of carbonyl (C=O) groups is 4. The van der Waals surface area contributed by atoms with E-state index in [1.807, 2.05) is 0 Å². The number of nitro benzene ring substituents is 1. The zero-order valence-corrected chi connectivity index (χ0v) is 28.5. The molecule has 0 bridgehead atoms. The number of carbonyl (C=O) groups excluding carboxylic acids is 4. The summed E-state index contributed by atoms with van der Waals surface area (Å²) in [6.07, 6.45) is -3.57. The van der Waals surface area contributed by atoms with Crippen LogP contribution in [0.1, 0.15) is 29.9 Å². The summed E-state index contributed by atoms with van der Waals surface area (Å²) in [5, 5.41) is 23.0. The van der Waals surface area contributed by atoms with E-state index in [-0.39, 0.29) is 40.5 Å². The Balaban J connectivity index is 1.35. The average molecular weight is 758 g/mol. The van der Waals surface area contributed by atoms with E-state index in [2.05, 4.69) is 4.74 Å². The Labute approximate surface area is 309 Å². The summed E-state index contributed by atoms with van der Waals surface area (Å²) in [5.74, 6) is -9.26. The summed E-state index contributed by atoms with van der Waals surface area (Å²) in [4.78, 5) is 71.1. The van der Waals surface area contributed by atoms with Crippen molar-refractivity contribution in [2.24, 2.45) is 23.7 Å². The van der Waals surface area contributed by atoms with E-state index in [9.17, 15) is 42.8 Å². The minimum absolute atomic E-state index is 0.0176. The molecule has 8 rings (SSSR count). The van der Waals surface area contributed by atoms with Gasteiger partial charge in [-0.25, -0.2) is 4.90 Å². The molecule has 4 aromatic carbocycles. The predicted molar refractivity (Wildman–Crippen MR) is 186 cm³/mol. The number of phenols is 1. The first-order chi connectivity index (χ1) is 25.7. The molecule has 2 saturated heterocycles. The van der Waals surface area contributed by atoms with E-state index < -0.39 is 81.4 Å². The maximum Gasteiger partial charge on any atom is 0.573 e. The highest BCUT2D eigenvalue weighted by atomic mass is 35.5. The van der Waals surface area contributed by atoms with Crippen molar-refractivity contribution in [2.75, 3.05) is 9.80 Å². The Kier molecular flexibility index (Phi) is 8.14. The number of halogens is 4. The molecule has 4 amide bonds. The lowest BCUT2D eigenvalue weighted by Crippen LogP contribution is -2.53.